The first-order valence-corrected chi connectivity index (χ1v) is 8.52. The van der Waals surface area contributed by atoms with Crippen LogP contribution in [0.4, 0.5) is 0 Å². The zero-order valence-corrected chi connectivity index (χ0v) is 13.4. The first kappa shape index (κ1) is 15.2. The van der Waals surface area contributed by atoms with Crippen LogP contribution in [0.5, 0.6) is 0 Å². The highest BCUT2D eigenvalue weighted by molar-refractivity contribution is 7.08. The summed E-state index contributed by atoms with van der Waals surface area (Å²) in [5.41, 5.74) is 0.951. The number of thiophene rings is 1. The van der Waals surface area contributed by atoms with E-state index in [2.05, 4.69) is 27.7 Å². The molecule has 3 rings (SSSR count). The summed E-state index contributed by atoms with van der Waals surface area (Å²) in [6, 6.07) is 2.16. The molecule has 0 saturated carbocycles. The topological polar surface area (TPSA) is 80.0 Å². The molecule has 1 amide bonds. The third-order valence-corrected chi connectivity index (χ3v) is 4.67. The monoisotopic (exact) mass is 320 g/mol. The molecule has 1 saturated heterocycles. The lowest BCUT2D eigenvalue weighted by atomic mass is 9.95. The minimum atomic E-state index is 0.0378. The van der Waals surface area contributed by atoms with E-state index in [0.717, 1.165) is 25.1 Å². The Bertz CT molecular complexity index is 611. The van der Waals surface area contributed by atoms with Crippen LogP contribution in [0.3, 0.4) is 0 Å². The predicted octanol–water partition coefficient (Wildman–Crippen LogP) is 1.84. The van der Waals surface area contributed by atoms with Gasteiger partial charge in [-0.25, -0.2) is 0 Å². The highest BCUT2D eigenvalue weighted by Crippen LogP contribution is 2.19. The van der Waals surface area contributed by atoms with Gasteiger partial charge in [0.05, 0.1) is 0 Å². The molecule has 1 aliphatic rings. The largest absolute Gasteiger partial charge is 0.352 e. The van der Waals surface area contributed by atoms with Gasteiger partial charge in [-0.2, -0.15) is 16.3 Å². The number of amides is 1. The smallest absolute Gasteiger partial charge is 0.227 e. The fourth-order valence-corrected chi connectivity index (χ4v) is 3.18. The highest BCUT2D eigenvalue weighted by Gasteiger charge is 2.22. The van der Waals surface area contributed by atoms with E-state index < -0.39 is 0 Å². The van der Waals surface area contributed by atoms with E-state index in [1.807, 2.05) is 16.8 Å². The van der Waals surface area contributed by atoms with Crippen LogP contribution >= 0.6 is 11.3 Å². The number of rotatable bonds is 5. The molecule has 0 spiro atoms. The second-order valence-electron chi connectivity index (χ2n) is 5.67. The fourth-order valence-electron chi connectivity index (χ4n) is 2.55. The minimum Gasteiger partial charge on any atom is -0.352 e. The Morgan fingerprint density at radius 3 is 3.27 bits per heavy atom. The van der Waals surface area contributed by atoms with Crippen LogP contribution in [0.15, 0.2) is 21.3 Å². The number of carbonyl (C=O) groups excluding carboxylic acids is 1. The molecule has 0 aromatic carbocycles. The molecule has 1 fully saturated rings. The van der Waals surface area contributed by atoms with Crippen LogP contribution in [0.1, 0.15) is 25.7 Å². The number of nitrogens with one attached hydrogen (secondary N) is 2. The van der Waals surface area contributed by atoms with Gasteiger partial charge in [-0.3, -0.25) is 4.79 Å². The Morgan fingerprint density at radius 2 is 2.50 bits per heavy atom. The zero-order valence-electron chi connectivity index (χ0n) is 12.5. The van der Waals surface area contributed by atoms with Gasteiger partial charge in [0.25, 0.3) is 0 Å². The van der Waals surface area contributed by atoms with Gasteiger partial charge in [0.2, 0.25) is 17.6 Å². The maximum atomic E-state index is 12.0. The van der Waals surface area contributed by atoms with Crippen molar-refractivity contribution < 1.29 is 9.32 Å². The molecule has 0 bridgehead atoms. The van der Waals surface area contributed by atoms with Crippen molar-refractivity contribution in [3.05, 3.63) is 22.7 Å². The Morgan fingerprint density at radius 1 is 1.59 bits per heavy atom. The predicted molar refractivity (Wildman–Crippen MR) is 84.5 cm³/mol. The van der Waals surface area contributed by atoms with Crippen LogP contribution in [0.25, 0.3) is 11.4 Å². The quantitative estimate of drug-likeness (QED) is 0.879. The minimum absolute atomic E-state index is 0.0378. The molecular formula is C15H20N4O2S. The molecule has 2 aromatic rings. The molecule has 2 atom stereocenters. The van der Waals surface area contributed by atoms with Crippen molar-refractivity contribution in [2.45, 2.75) is 32.2 Å². The highest BCUT2D eigenvalue weighted by atomic mass is 32.1. The van der Waals surface area contributed by atoms with E-state index in [0.29, 0.717) is 30.5 Å². The molecule has 1 aliphatic heterocycles. The van der Waals surface area contributed by atoms with E-state index in [9.17, 15) is 4.79 Å². The maximum Gasteiger partial charge on any atom is 0.227 e. The zero-order chi connectivity index (χ0) is 15.4. The van der Waals surface area contributed by atoms with Crippen LogP contribution in [-0.4, -0.2) is 35.2 Å². The van der Waals surface area contributed by atoms with E-state index in [1.165, 1.54) is 0 Å². The van der Waals surface area contributed by atoms with Crippen molar-refractivity contribution in [2.24, 2.45) is 5.92 Å². The summed E-state index contributed by atoms with van der Waals surface area (Å²) in [6.45, 7) is 4.05. The fraction of sp³-hybridized carbons (Fsp3) is 0.533. The van der Waals surface area contributed by atoms with E-state index in [1.54, 1.807) is 11.3 Å². The average Bonchev–Trinajstić information content (AvgIpc) is 3.18. The summed E-state index contributed by atoms with van der Waals surface area (Å²) < 4.78 is 5.20. The van der Waals surface area contributed by atoms with Crippen molar-refractivity contribution in [3.8, 4) is 11.4 Å². The standard InChI is InChI=1S/C15H20N4O2S/c1-10-4-6-16-8-12(10)17-13(20)2-3-14-18-15(19-21-14)11-5-7-22-9-11/h5,7,9-10,12,16H,2-4,6,8H2,1H3,(H,17,20). The Hall–Kier alpha value is -1.73. The summed E-state index contributed by atoms with van der Waals surface area (Å²) >= 11 is 1.59. The third-order valence-electron chi connectivity index (χ3n) is 3.99. The lowest BCUT2D eigenvalue weighted by Crippen LogP contribution is -2.50. The summed E-state index contributed by atoms with van der Waals surface area (Å²) in [5.74, 6) is 1.64. The SMILES string of the molecule is CC1CCNCC1NC(=O)CCc1nc(-c2ccsc2)no1. The van der Waals surface area contributed by atoms with Gasteiger partial charge in [0.15, 0.2) is 0 Å². The Labute approximate surface area is 133 Å². The van der Waals surface area contributed by atoms with E-state index >= 15 is 0 Å². The van der Waals surface area contributed by atoms with Crippen molar-refractivity contribution in [2.75, 3.05) is 13.1 Å². The van der Waals surface area contributed by atoms with Crippen molar-refractivity contribution >= 4 is 17.2 Å². The Kier molecular flexibility index (Phi) is 4.84. The summed E-state index contributed by atoms with van der Waals surface area (Å²) in [6.07, 6.45) is 1.94. The van der Waals surface area contributed by atoms with Gasteiger partial charge in [-0.1, -0.05) is 12.1 Å². The summed E-state index contributed by atoms with van der Waals surface area (Å²) in [5, 5.41) is 14.3. The van der Waals surface area contributed by atoms with Crippen molar-refractivity contribution in [3.63, 3.8) is 0 Å². The maximum absolute atomic E-state index is 12.0. The van der Waals surface area contributed by atoms with Gasteiger partial charge in [-0.15, -0.1) is 0 Å². The number of piperidine rings is 1. The van der Waals surface area contributed by atoms with Crippen molar-refractivity contribution in [1.82, 2.24) is 20.8 Å². The number of nitrogens with zero attached hydrogens (tertiary/aromatic N) is 2. The number of hydrogen-bond donors (Lipinski definition) is 2. The van der Waals surface area contributed by atoms with Gasteiger partial charge < -0.3 is 15.2 Å². The van der Waals surface area contributed by atoms with Crippen LogP contribution in [-0.2, 0) is 11.2 Å². The molecule has 2 N–H and O–H groups in total. The molecule has 3 heterocycles. The van der Waals surface area contributed by atoms with Gasteiger partial charge in [0.1, 0.15) is 0 Å². The van der Waals surface area contributed by atoms with Gasteiger partial charge in [-0.05, 0) is 30.3 Å². The van der Waals surface area contributed by atoms with E-state index in [4.69, 9.17) is 4.52 Å². The summed E-state index contributed by atoms with van der Waals surface area (Å²) in [4.78, 5) is 16.4. The number of aromatic nitrogens is 2. The van der Waals surface area contributed by atoms with Crippen LogP contribution in [0, 0.1) is 5.92 Å². The first-order chi connectivity index (χ1) is 10.7. The van der Waals surface area contributed by atoms with Crippen molar-refractivity contribution in [1.29, 1.82) is 0 Å². The first-order valence-electron chi connectivity index (χ1n) is 7.57. The second-order valence-corrected chi connectivity index (χ2v) is 6.45. The average molecular weight is 320 g/mol. The molecule has 22 heavy (non-hydrogen) atoms. The normalized spacial score (nSPS) is 21.7. The second kappa shape index (κ2) is 7.02. The lowest BCUT2D eigenvalue weighted by Gasteiger charge is -2.30. The molecule has 7 heteroatoms. The van der Waals surface area contributed by atoms with Gasteiger partial charge >= 0.3 is 0 Å². The number of carbonyl (C=O) groups is 1. The Balaban J connectivity index is 1.49. The molecule has 0 aliphatic carbocycles. The third kappa shape index (κ3) is 3.72. The van der Waals surface area contributed by atoms with Crippen LogP contribution < -0.4 is 10.6 Å². The number of aryl methyl sites for hydroxylation is 1. The number of hydrogen-bond acceptors (Lipinski definition) is 6. The molecule has 2 unspecified atom stereocenters. The molecular weight excluding hydrogens is 300 g/mol. The van der Waals surface area contributed by atoms with Gasteiger partial charge in [0, 0.05) is 36.4 Å². The molecule has 6 nitrogen and oxygen atoms in total. The van der Waals surface area contributed by atoms with E-state index in [-0.39, 0.29) is 11.9 Å². The molecule has 118 valence electrons. The summed E-state index contributed by atoms with van der Waals surface area (Å²) in [7, 11) is 0. The lowest BCUT2D eigenvalue weighted by molar-refractivity contribution is -0.122. The molecule has 0 radical (unpaired) electrons. The molecule has 2 aromatic heterocycles. The van der Waals surface area contributed by atoms with Crippen LogP contribution in [0.2, 0.25) is 0 Å².